The van der Waals surface area contributed by atoms with Crippen molar-refractivity contribution in [3.8, 4) is 0 Å². The van der Waals surface area contributed by atoms with Gasteiger partial charge in [0.15, 0.2) is 0 Å². The third kappa shape index (κ3) is 164. The third-order valence-corrected chi connectivity index (χ3v) is 0.368. The summed E-state index contributed by atoms with van der Waals surface area (Å²) in [5, 5.41) is 15.6. The summed E-state index contributed by atoms with van der Waals surface area (Å²) in [6, 6.07) is 0. The Morgan fingerprint density at radius 1 is 0.667 bits per heavy atom. The van der Waals surface area contributed by atoms with Gasteiger partial charge in [-0.05, 0) is 0 Å². The van der Waals surface area contributed by atoms with Gasteiger partial charge in [-0.15, -0.1) is 0 Å². The summed E-state index contributed by atoms with van der Waals surface area (Å²) in [6.07, 6.45) is 1.12. The van der Waals surface area contributed by atoms with Crippen molar-refractivity contribution in [3.63, 3.8) is 0 Å². The minimum absolute atomic E-state index is 0. The first-order valence-corrected chi connectivity index (χ1v) is 6.15. The van der Waals surface area contributed by atoms with Crippen LogP contribution in [0, 0.1) is 0 Å². The second kappa shape index (κ2) is 20.7. The molecule has 0 rings (SSSR count). The second-order valence-corrected chi connectivity index (χ2v) is 3.69. The average molecular weight is 426 g/mol. The number of phosphoric acid groups is 2. The molecular formula is C4H4Ca3O12P2. The second-order valence-electron chi connectivity index (χ2n) is 1.90. The van der Waals surface area contributed by atoms with Crippen LogP contribution in [0.1, 0.15) is 0 Å². The molecule has 0 saturated heterocycles. The molecular weight excluding hydrogens is 422 g/mol. The quantitative estimate of drug-likeness (QED) is 0.237. The Morgan fingerprint density at radius 2 is 0.762 bits per heavy atom. The molecule has 21 heavy (non-hydrogen) atoms. The van der Waals surface area contributed by atoms with Gasteiger partial charge >= 0.3 is 125 Å². The molecule has 0 aliphatic carbocycles. The van der Waals surface area contributed by atoms with Gasteiger partial charge in [-0.1, -0.05) is 0 Å². The Hall–Kier alpha value is 2.68. The number of carboxylic acids is 2. The first-order chi connectivity index (χ1) is 7.63. The van der Waals surface area contributed by atoms with E-state index in [9.17, 15) is 9.59 Å². The van der Waals surface area contributed by atoms with Gasteiger partial charge in [-0.2, -0.15) is 15.6 Å². The van der Waals surface area contributed by atoms with Crippen molar-refractivity contribution in [2.24, 2.45) is 0 Å². The number of carboxylic acid groups (broad SMARTS) is 2. The van der Waals surface area contributed by atoms with Crippen LogP contribution >= 0.6 is 15.6 Å². The normalized spacial score (nSPS) is 9.24. The molecule has 0 saturated carbocycles. The molecule has 0 aliphatic heterocycles. The Morgan fingerprint density at radius 3 is 0.810 bits per heavy atom. The smallest absolute Gasteiger partial charge is 0.822 e. The van der Waals surface area contributed by atoms with Crippen molar-refractivity contribution in [1.29, 1.82) is 0 Å². The van der Waals surface area contributed by atoms with Gasteiger partial charge in [0.05, 0.1) is 0 Å². The first kappa shape index (κ1) is 39.0. The van der Waals surface area contributed by atoms with Crippen LogP contribution < -0.4 is 29.4 Å². The Balaban J connectivity index is -0.0000000389. The first-order valence-electron chi connectivity index (χ1n) is 3.23. The van der Waals surface area contributed by atoms with Crippen LogP contribution in [0.3, 0.4) is 0 Å². The summed E-state index contributed by atoms with van der Waals surface area (Å²) in [5.41, 5.74) is 0. The number of hydrogen-bond acceptors (Lipinski definition) is 10. The van der Waals surface area contributed by atoms with Gasteiger partial charge in [0.2, 0.25) is 0 Å². The zero-order valence-electron chi connectivity index (χ0n) is 10.1. The van der Waals surface area contributed by atoms with Crippen molar-refractivity contribution in [1.82, 2.24) is 0 Å². The largest absolute Gasteiger partial charge is 2.00 e. The molecule has 0 aliphatic rings. The number of hydrogen-bond donors (Lipinski definition) is 2. The summed E-state index contributed by atoms with van der Waals surface area (Å²) in [5.74, 6) is -2.51. The topological polar surface area (TPSA) is 247 Å². The summed E-state index contributed by atoms with van der Waals surface area (Å²) >= 11 is 0. The Kier molecular flexibility index (Phi) is 38.5. The Labute approximate surface area is 207 Å². The van der Waals surface area contributed by atoms with E-state index in [1.165, 1.54) is 0 Å². The fourth-order valence-corrected chi connectivity index (χ4v) is 0.143. The summed E-state index contributed by atoms with van der Waals surface area (Å²) in [4.78, 5) is 70.4. The van der Waals surface area contributed by atoms with Gasteiger partial charge in [-0.3, -0.25) is 0 Å². The van der Waals surface area contributed by atoms with Crippen LogP contribution in [-0.4, -0.2) is 135 Å². The van der Waals surface area contributed by atoms with Crippen molar-refractivity contribution in [3.05, 3.63) is 12.2 Å². The fraction of sp³-hybridized carbons (Fsp3) is 0. The van der Waals surface area contributed by atoms with E-state index in [4.69, 9.17) is 48.7 Å². The maximum absolute atomic E-state index is 9.55. The standard InChI is InChI=1S/C4H4O4.3Ca.2H3O4P/c5-3(6)1-2-4(7)8;;;;2*1-5(2,3)4/h1-2H,(H,5,6)(H,7,8);;;;2*(H3,1,2,3,4)/q;3*+2;;/p-6. The van der Waals surface area contributed by atoms with Gasteiger partial charge in [0, 0.05) is 12.2 Å². The molecule has 17 heteroatoms. The molecule has 2 N–H and O–H groups in total. The number of rotatable bonds is 2. The van der Waals surface area contributed by atoms with Crippen LogP contribution in [0.25, 0.3) is 0 Å². The van der Waals surface area contributed by atoms with E-state index in [1.54, 1.807) is 0 Å². The zero-order chi connectivity index (χ0) is 15.6. The summed E-state index contributed by atoms with van der Waals surface area (Å²) < 4.78 is 17.1. The minimum atomic E-state index is -5.39. The average Bonchev–Trinajstić information content (AvgIpc) is 1.93. The fourth-order valence-electron chi connectivity index (χ4n) is 0.143. The number of aliphatic carboxylic acids is 2. The van der Waals surface area contributed by atoms with Crippen molar-refractivity contribution < 1.29 is 58.3 Å². The van der Waals surface area contributed by atoms with Crippen LogP contribution in [0.5, 0.6) is 0 Å². The van der Waals surface area contributed by atoms with Gasteiger partial charge < -0.3 is 48.7 Å². The molecule has 0 radical (unpaired) electrons. The van der Waals surface area contributed by atoms with E-state index in [1.807, 2.05) is 0 Å². The monoisotopic (exact) mass is 426 g/mol. The maximum Gasteiger partial charge on any atom is 2.00 e. The van der Waals surface area contributed by atoms with Crippen LogP contribution in [0.2, 0.25) is 0 Å². The van der Waals surface area contributed by atoms with Gasteiger partial charge in [-0.25, -0.2) is 9.59 Å². The van der Waals surface area contributed by atoms with Crippen LogP contribution in [0.15, 0.2) is 12.2 Å². The summed E-state index contributed by atoms with van der Waals surface area (Å²) in [7, 11) is -10.8. The maximum atomic E-state index is 9.55. The molecule has 0 atom stereocenters. The molecule has 12 nitrogen and oxygen atoms in total. The zero-order valence-corrected chi connectivity index (χ0v) is 18.6. The predicted octanol–water partition coefficient (Wildman–Crippen LogP) is -7.08. The van der Waals surface area contributed by atoms with Crippen LogP contribution in [-0.2, 0) is 18.7 Å². The third-order valence-electron chi connectivity index (χ3n) is 0.368. The molecule has 108 valence electrons. The van der Waals surface area contributed by atoms with Gasteiger partial charge in [0.25, 0.3) is 0 Å². The summed E-state index contributed by atoms with van der Waals surface area (Å²) in [6.45, 7) is 0. The van der Waals surface area contributed by atoms with Crippen molar-refractivity contribution in [2.75, 3.05) is 0 Å². The van der Waals surface area contributed by atoms with E-state index in [0.717, 1.165) is 0 Å². The molecule has 0 fully saturated rings. The molecule has 0 bridgehead atoms. The molecule has 0 spiro atoms. The van der Waals surface area contributed by atoms with Crippen molar-refractivity contribution in [2.45, 2.75) is 0 Å². The molecule has 0 aromatic rings. The van der Waals surface area contributed by atoms with Crippen molar-refractivity contribution >= 4 is 141 Å². The van der Waals surface area contributed by atoms with E-state index in [-0.39, 0.29) is 113 Å². The van der Waals surface area contributed by atoms with E-state index >= 15 is 0 Å². The van der Waals surface area contributed by atoms with E-state index < -0.39 is 27.6 Å². The molecule has 0 heterocycles. The predicted molar refractivity (Wildman–Crippen MR) is 56.9 cm³/mol. The number of carbonyl (C=O) groups is 2. The Bertz CT molecular complexity index is 331. The molecule has 0 aromatic heterocycles. The van der Waals surface area contributed by atoms with Crippen LogP contribution in [0.4, 0.5) is 0 Å². The minimum Gasteiger partial charge on any atom is -0.822 e. The van der Waals surface area contributed by atoms with Gasteiger partial charge in [0.1, 0.15) is 0 Å². The van der Waals surface area contributed by atoms with E-state index in [2.05, 4.69) is 0 Å². The SMILES string of the molecule is O=C(O)C=CC(=O)O.O=P([O-])([O-])[O-].O=P([O-])([O-])[O-].[Ca+2].[Ca+2].[Ca+2]. The molecule has 0 unspecified atom stereocenters. The van der Waals surface area contributed by atoms with E-state index in [0.29, 0.717) is 12.2 Å². The molecule has 0 amide bonds. The molecule has 0 aromatic carbocycles.